The summed E-state index contributed by atoms with van der Waals surface area (Å²) >= 11 is 0. The van der Waals surface area contributed by atoms with Gasteiger partial charge in [-0.1, -0.05) is 30.3 Å². The number of benzene rings is 2. The minimum atomic E-state index is -0.197. The Kier molecular flexibility index (Phi) is 4.18. The van der Waals surface area contributed by atoms with Gasteiger partial charge in [-0.3, -0.25) is 4.79 Å². The number of carbonyl (C=O) groups excluding carboxylic acids is 1. The SMILES string of the molecule is COC(=O)CCCOc1ccc2ccccc2c1. The fraction of sp³-hybridized carbons (Fsp3) is 0.267. The third-order valence-corrected chi connectivity index (χ3v) is 2.74. The van der Waals surface area contributed by atoms with Crippen molar-refractivity contribution in [1.29, 1.82) is 0 Å². The van der Waals surface area contributed by atoms with Gasteiger partial charge in [-0.15, -0.1) is 0 Å². The molecular formula is C15H16O3. The maximum atomic E-state index is 10.9. The van der Waals surface area contributed by atoms with Gasteiger partial charge in [-0.2, -0.15) is 0 Å². The molecule has 0 fully saturated rings. The molecule has 0 bridgehead atoms. The van der Waals surface area contributed by atoms with E-state index in [1.54, 1.807) is 0 Å². The van der Waals surface area contributed by atoms with Gasteiger partial charge in [0.25, 0.3) is 0 Å². The monoisotopic (exact) mass is 244 g/mol. The molecular weight excluding hydrogens is 228 g/mol. The van der Waals surface area contributed by atoms with E-state index in [-0.39, 0.29) is 5.97 Å². The van der Waals surface area contributed by atoms with Crippen molar-refractivity contribution in [2.24, 2.45) is 0 Å². The molecule has 0 spiro atoms. The van der Waals surface area contributed by atoms with Crippen LogP contribution in [0.2, 0.25) is 0 Å². The normalized spacial score (nSPS) is 10.3. The number of hydrogen-bond acceptors (Lipinski definition) is 3. The number of methoxy groups -OCH3 is 1. The molecule has 0 aromatic heterocycles. The Balaban J connectivity index is 1.90. The summed E-state index contributed by atoms with van der Waals surface area (Å²) in [6.45, 7) is 0.521. The summed E-state index contributed by atoms with van der Waals surface area (Å²) in [5.41, 5.74) is 0. The first-order valence-electron chi connectivity index (χ1n) is 5.98. The summed E-state index contributed by atoms with van der Waals surface area (Å²) in [7, 11) is 1.40. The van der Waals surface area contributed by atoms with Crippen LogP contribution in [0.5, 0.6) is 5.75 Å². The summed E-state index contributed by atoms with van der Waals surface area (Å²) in [5.74, 6) is 0.635. The Morgan fingerprint density at radius 2 is 1.89 bits per heavy atom. The average Bonchev–Trinajstić information content (AvgIpc) is 2.43. The molecule has 3 nitrogen and oxygen atoms in total. The summed E-state index contributed by atoms with van der Waals surface area (Å²) in [6.07, 6.45) is 1.06. The molecule has 0 radical (unpaired) electrons. The largest absolute Gasteiger partial charge is 0.494 e. The Morgan fingerprint density at radius 1 is 1.11 bits per heavy atom. The Morgan fingerprint density at radius 3 is 2.67 bits per heavy atom. The highest BCUT2D eigenvalue weighted by Gasteiger charge is 2.01. The van der Waals surface area contributed by atoms with Gasteiger partial charge in [-0.25, -0.2) is 0 Å². The number of rotatable bonds is 5. The minimum absolute atomic E-state index is 0.197. The van der Waals surface area contributed by atoms with E-state index in [1.165, 1.54) is 12.5 Å². The number of fused-ring (bicyclic) bond motifs is 1. The number of ether oxygens (including phenoxy) is 2. The van der Waals surface area contributed by atoms with Crippen LogP contribution in [-0.2, 0) is 9.53 Å². The molecule has 0 heterocycles. The molecule has 0 saturated heterocycles. The lowest BCUT2D eigenvalue weighted by molar-refractivity contribution is -0.140. The number of esters is 1. The molecule has 3 heteroatoms. The van der Waals surface area contributed by atoms with Crippen molar-refractivity contribution in [2.45, 2.75) is 12.8 Å². The lowest BCUT2D eigenvalue weighted by Crippen LogP contribution is -2.04. The van der Waals surface area contributed by atoms with Crippen molar-refractivity contribution in [3.05, 3.63) is 42.5 Å². The number of hydrogen-bond donors (Lipinski definition) is 0. The van der Waals surface area contributed by atoms with Crippen molar-refractivity contribution < 1.29 is 14.3 Å². The molecule has 0 unspecified atom stereocenters. The molecule has 0 atom stereocenters. The van der Waals surface area contributed by atoms with Crippen LogP contribution in [0.25, 0.3) is 10.8 Å². The predicted molar refractivity (Wildman–Crippen MR) is 70.7 cm³/mol. The van der Waals surface area contributed by atoms with Crippen LogP contribution in [0, 0.1) is 0 Å². The van der Waals surface area contributed by atoms with E-state index in [1.807, 2.05) is 30.3 Å². The van der Waals surface area contributed by atoms with Crippen LogP contribution in [0.3, 0.4) is 0 Å². The first-order chi connectivity index (χ1) is 8.79. The lowest BCUT2D eigenvalue weighted by atomic mass is 10.1. The fourth-order valence-electron chi connectivity index (χ4n) is 1.77. The van der Waals surface area contributed by atoms with E-state index in [4.69, 9.17) is 4.74 Å². The van der Waals surface area contributed by atoms with E-state index < -0.39 is 0 Å². The molecule has 18 heavy (non-hydrogen) atoms. The predicted octanol–water partition coefficient (Wildman–Crippen LogP) is 3.17. The van der Waals surface area contributed by atoms with Gasteiger partial charge in [0, 0.05) is 6.42 Å². The van der Waals surface area contributed by atoms with Crippen LogP contribution in [0.4, 0.5) is 0 Å². The Bertz CT molecular complexity index is 534. The van der Waals surface area contributed by atoms with E-state index in [0.29, 0.717) is 19.4 Å². The standard InChI is InChI=1S/C15H16O3/c1-17-15(16)7-4-10-18-14-9-8-12-5-2-3-6-13(12)11-14/h2-3,5-6,8-9,11H,4,7,10H2,1H3. The zero-order chi connectivity index (χ0) is 12.8. The lowest BCUT2D eigenvalue weighted by Gasteiger charge is -2.06. The molecule has 0 aliphatic carbocycles. The molecule has 0 saturated carbocycles. The third-order valence-electron chi connectivity index (χ3n) is 2.74. The van der Waals surface area contributed by atoms with Crippen molar-refractivity contribution in [3.8, 4) is 5.75 Å². The topological polar surface area (TPSA) is 35.5 Å². The van der Waals surface area contributed by atoms with Gasteiger partial charge in [0.05, 0.1) is 13.7 Å². The zero-order valence-electron chi connectivity index (χ0n) is 10.4. The van der Waals surface area contributed by atoms with Gasteiger partial charge in [0.15, 0.2) is 0 Å². The Labute approximate surface area is 106 Å². The second-order valence-corrected chi connectivity index (χ2v) is 4.04. The molecule has 2 aromatic rings. The van der Waals surface area contributed by atoms with Gasteiger partial charge in [-0.05, 0) is 29.3 Å². The molecule has 0 N–H and O–H groups in total. The maximum absolute atomic E-state index is 10.9. The highest BCUT2D eigenvalue weighted by atomic mass is 16.5. The average molecular weight is 244 g/mol. The fourth-order valence-corrected chi connectivity index (χ4v) is 1.77. The van der Waals surface area contributed by atoms with Crippen LogP contribution in [0.15, 0.2) is 42.5 Å². The second kappa shape index (κ2) is 6.05. The molecule has 0 aliphatic heterocycles. The molecule has 2 aromatic carbocycles. The second-order valence-electron chi connectivity index (χ2n) is 4.04. The summed E-state index contributed by atoms with van der Waals surface area (Å²) in [6, 6.07) is 14.1. The van der Waals surface area contributed by atoms with Crippen LogP contribution in [0.1, 0.15) is 12.8 Å². The van der Waals surface area contributed by atoms with E-state index in [0.717, 1.165) is 11.1 Å². The zero-order valence-corrected chi connectivity index (χ0v) is 10.4. The summed E-state index contributed by atoms with van der Waals surface area (Å²) in [4.78, 5) is 10.9. The maximum Gasteiger partial charge on any atom is 0.305 e. The number of carbonyl (C=O) groups is 1. The van der Waals surface area contributed by atoms with Crippen molar-refractivity contribution >= 4 is 16.7 Å². The van der Waals surface area contributed by atoms with Crippen molar-refractivity contribution in [3.63, 3.8) is 0 Å². The van der Waals surface area contributed by atoms with Crippen molar-refractivity contribution in [2.75, 3.05) is 13.7 Å². The third kappa shape index (κ3) is 3.23. The Hall–Kier alpha value is -2.03. The first-order valence-corrected chi connectivity index (χ1v) is 5.98. The van der Waals surface area contributed by atoms with E-state index >= 15 is 0 Å². The first kappa shape index (κ1) is 12.4. The van der Waals surface area contributed by atoms with Crippen LogP contribution in [-0.4, -0.2) is 19.7 Å². The molecule has 0 aliphatic rings. The molecule has 94 valence electrons. The summed E-state index contributed by atoms with van der Waals surface area (Å²) < 4.78 is 10.2. The van der Waals surface area contributed by atoms with Crippen molar-refractivity contribution in [1.82, 2.24) is 0 Å². The van der Waals surface area contributed by atoms with Gasteiger partial charge < -0.3 is 9.47 Å². The van der Waals surface area contributed by atoms with Gasteiger partial charge >= 0.3 is 5.97 Å². The minimum Gasteiger partial charge on any atom is -0.494 e. The molecule has 2 rings (SSSR count). The highest BCUT2D eigenvalue weighted by Crippen LogP contribution is 2.20. The van der Waals surface area contributed by atoms with Crippen LogP contribution >= 0.6 is 0 Å². The van der Waals surface area contributed by atoms with E-state index in [2.05, 4.69) is 16.9 Å². The highest BCUT2D eigenvalue weighted by molar-refractivity contribution is 5.83. The summed E-state index contributed by atoms with van der Waals surface area (Å²) in [5, 5.41) is 2.35. The smallest absolute Gasteiger partial charge is 0.305 e. The van der Waals surface area contributed by atoms with Crippen LogP contribution < -0.4 is 4.74 Å². The quantitative estimate of drug-likeness (QED) is 0.598. The van der Waals surface area contributed by atoms with E-state index in [9.17, 15) is 4.79 Å². The van der Waals surface area contributed by atoms with Gasteiger partial charge in [0.1, 0.15) is 5.75 Å². The molecule has 0 amide bonds. The van der Waals surface area contributed by atoms with Gasteiger partial charge in [0.2, 0.25) is 0 Å².